The number of rotatable bonds is 5. The number of ether oxygens (including phenoxy) is 1. The van der Waals surface area contributed by atoms with Crippen molar-refractivity contribution in [2.75, 3.05) is 12.4 Å². The molecule has 0 spiro atoms. The number of hydrogen-bond acceptors (Lipinski definition) is 4. The molecule has 0 heterocycles. The van der Waals surface area contributed by atoms with E-state index in [1.807, 2.05) is 0 Å². The van der Waals surface area contributed by atoms with Gasteiger partial charge in [-0.05, 0) is 25.4 Å². The van der Waals surface area contributed by atoms with Gasteiger partial charge in [0, 0.05) is 11.3 Å². The Morgan fingerprint density at radius 2 is 2.36 bits per heavy atom. The van der Waals surface area contributed by atoms with Crippen LogP contribution in [0, 0.1) is 0 Å². The zero-order valence-corrected chi connectivity index (χ0v) is 7.32. The van der Waals surface area contributed by atoms with Crippen molar-refractivity contribution in [3.63, 3.8) is 0 Å². The van der Waals surface area contributed by atoms with Crippen LogP contribution >= 0.6 is 12.0 Å². The molecular weight excluding hydrogens is 164 g/mol. The van der Waals surface area contributed by atoms with E-state index >= 15 is 0 Å². The molecule has 64 valence electrons. The van der Waals surface area contributed by atoms with Crippen molar-refractivity contribution in [3.05, 3.63) is 12.2 Å². The molecule has 0 fully saturated rings. The van der Waals surface area contributed by atoms with Crippen molar-refractivity contribution in [3.8, 4) is 0 Å². The molecule has 0 aromatic carbocycles. The van der Waals surface area contributed by atoms with Crippen LogP contribution in [0.25, 0.3) is 0 Å². The Hall–Kier alpha value is -0.480. The summed E-state index contributed by atoms with van der Waals surface area (Å²) in [6.45, 7) is 5.37. The Kier molecular flexibility index (Phi) is 5.97. The first-order valence-corrected chi connectivity index (χ1v) is 4.21. The molecule has 4 heteroatoms. The number of esters is 1. The summed E-state index contributed by atoms with van der Waals surface area (Å²) in [6.07, 6.45) is 0.667. The van der Waals surface area contributed by atoms with E-state index in [0.717, 1.165) is 12.0 Å². The Morgan fingerprint density at radius 1 is 1.73 bits per heavy atom. The molecule has 11 heavy (non-hydrogen) atoms. The zero-order valence-electron chi connectivity index (χ0n) is 6.50. The highest BCUT2D eigenvalue weighted by Gasteiger charge is 2.00. The SMILES string of the molecule is C=C(C)C(=O)OCCCSO. The molecule has 3 nitrogen and oxygen atoms in total. The highest BCUT2D eigenvalue weighted by molar-refractivity contribution is 7.93. The van der Waals surface area contributed by atoms with Crippen molar-refractivity contribution in [1.29, 1.82) is 0 Å². The molecule has 0 unspecified atom stereocenters. The maximum absolute atomic E-state index is 10.7. The van der Waals surface area contributed by atoms with Crippen LogP contribution < -0.4 is 0 Å². The lowest BCUT2D eigenvalue weighted by atomic mass is 10.4. The first-order chi connectivity index (χ1) is 5.18. The van der Waals surface area contributed by atoms with Gasteiger partial charge in [-0.1, -0.05) is 6.58 Å². The second-order valence-electron chi connectivity index (χ2n) is 2.10. The van der Waals surface area contributed by atoms with Crippen molar-refractivity contribution in [2.45, 2.75) is 13.3 Å². The highest BCUT2D eigenvalue weighted by Crippen LogP contribution is 1.97. The fourth-order valence-electron chi connectivity index (χ4n) is 0.412. The fraction of sp³-hybridized carbons (Fsp3) is 0.571. The molecule has 0 saturated carbocycles. The van der Waals surface area contributed by atoms with Crippen LogP contribution in [0.5, 0.6) is 0 Å². The van der Waals surface area contributed by atoms with Crippen molar-refractivity contribution < 1.29 is 14.1 Å². The summed E-state index contributed by atoms with van der Waals surface area (Å²) >= 11 is 0.748. The lowest BCUT2D eigenvalue weighted by molar-refractivity contribution is -0.138. The third-order valence-electron chi connectivity index (χ3n) is 0.962. The lowest BCUT2D eigenvalue weighted by Crippen LogP contribution is -2.06. The zero-order chi connectivity index (χ0) is 8.69. The van der Waals surface area contributed by atoms with Gasteiger partial charge in [0.1, 0.15) is 0 Å². The van der Waals surface area contributed by atoms with E-state index in [0.29, 0.717) is 24.4 Å². The predicted octanol–water partition coefficient (Wildman–Crippen LogP) is 1.70. The third-order valence-corrected chi connectivity index (χ3v) is 1.43. The molecule has 0 bridgehead atoms. The van der Waals surface area contributed by atoms with E-state index in [1.54, 1.807) is 6.92 Å². The summed E-state index contributed by atoms with van der Waals surface area (Å²) in [5.74, 6) is 0.219. The van der Waals surface area contributed by atoms with Gasteiger partial charge in [-0.25, -0.2) is 4.79 Å². The molecule has 0 atom stereocenters. The average molecular weight is 176 g/mol. The van der Waals surface area contributed by atoms with Crippen LogP contribution in [0.15, 0.2) is 12.2 Å². The van der Waals surface area contributed by atoms with Crippen LogP contribution in [-0.2, 0) is 9.53 Å². The number of hydrogen-bond donors (Lipinski definition) is 1. The molecule has 0 aromatic heterocycles. The second-order valence-corrected chi connectivity index (χ2v) is 2.77. The molecule has 0 aromatic rings. The number of carbonyl (C=O) groups is 1. The smallest absolute Gasteiger partial charge is 0.333 e. The van der Waals surface area contributed by atoms with Gasteiger partial charge in [0.2, 0.25) is 0 Å². The van der Waals surface area contributed by atoms with E-state index in [-0.39, 0.29) is 5.97 Å². The van der Waals surface area contributed by atoms with E-state index < -0.39 is 0 Å². The monoisotopic (exact) mass is 176 g/mol. The van der Waals surface area contributed by atoms with E-state index in [2.05, 4.69) is 6.58 Å². The maximum Gasteiger partial charge on any atom is 0.333 e. The minimum Gasteiger partial charge on any atom is -0.462 e. The minimum atomic E-state index is -0.368. The average Bonchev–Trinajstić information content (AvgIpc) is 1.97. The fourth-order valence-corrected chi connectivity index (χ4v) is 0.658. The highest BCUT2D eigenvalue weighted by atomic mass is 32.2. The van der Waals surface area contributed by atoms with Gasteiger partial charge in [0.25, 0.3) is 0 Å². The third kappa shape index (κ3) is 5.94. The normalized spacial score (nSPS) is 9.27. The maximum atomic E-state index is 10.7. The summed E-state index contributed by atoms with van der Waals surface area (Å²) in [6, 6.07) is 0. The molecule has 0 radical (unpaired) electrons. The van der Waals surface area contributed by atoms with Gasteiger partial charge in [-0.3, -0.25) is 0 Å². The molecule has 0 aliphatic rings. The Morgan fingerprint density at radius 3 is 2.82 bits per heavy atom. The van der Waals surface area contributed by atoms with Crippen LogP contribution in [-0.4, -0.2) is 22.9 Å². The van der Waals surface area contributed by atoms with Gasteiger partial charge < -0.3 is 9.29 Å². The van der Waals surface area contributed by atoms with Crippen LogP contribution in [0.4, 0.5) is 0 Å². The molecule has 0 amide bonds. The topological polar surface area (TPSA) is 46.5 Å². The number of carbonyl (C=O) groups excluding carboxylic acids is 1. The van der Waals surface area contributed by atoms with Gasteiger partial charge in [-0.2, -0.15) is 0 Å². The summed E-state index contributed by atoms with van der Waals surface area (Å²) in [7, 11) is 0. The van der Waals surface area contributed by atoms with E-state index in [1.165, 1.54) is 0 Å². The molecule has 1 N–H and O–H groups in total. The standard InChI is InChI=1S/C7H12O3S/c1-6(2)7(8)10-4-3-5-11-9/h9H,1,3-5H2,2H3. The predicted molar refractivity (Wildman–Crippen MR) is 45.5 cm³/mol. The van der Waals surface area contributed by atoms with Crippen molar-refractivity contribution >= 4 is 18.0 Å². The van der Waals surface area contributed by atoms with Gasteiger partial charge in [-0.15, -0.1) is 0 Å². The van der Waals surface area contributed by atoms with Crippen molar-refractivity contribution in [2.24, 2.45) is 0 Å². The molecular formula is C7H12O3S. The first-order valence-electron chi connectivity index (χ1n) is 3.27. The van der Waals surface area contributed by atoms with E-state index in [9.17, 15) is 4.79 Å². The van der Waals surface area contributed by atoms with Gasteiger partial charge in [0.05, 0.1) is 6.61 Å². The quantitative estimate of drug-likeness (QED) is 0.300. The molecule has 0 aliphatic heterocycles. The van der Waals surface area contributed by atoms with Crippen LogP contribution in [0.2, 0.25) is 0 Å². The van der Waals surface area contributed by atoms with Gasteiger partial charge in [0.15, 0.2) is 0 Å². The largest absolute Gasteiger partial charge is 0.462 e. The Labute approximate surface area is 70.6 Å². The second kappa shape index (κ2) is 6.24. The van der Waals surface area contributed by atoms with Crippen LogP contribution in [0.3, 0.4) is 0 Å². The van der Waals surface area contributed by atoms with Crippen molar-refractivity contribution in [1.82, 2.24) is 0 Å². The molecule has 0 saturated heterocycles. The summed E-state index contributed by atoms with van der Waals surface area (Å²) in [4.78, 5) is 10.7. The molecule has 0 aliphatic carbocycles. The lowest BCUT2D eigenvalue weighted by Gasteiger charge is -2.01. The Bertz CT molecular complexity index is 145. The van der Waals surface area contributed by atoms with Crippen LogP contribution in [0.1, 0.15) is 13.3 Å². The van der Waals surface area contributed by atoms with Gasteiger partial charge >= 0.3 is 5.97 Å². The van der Waals surface area contributed by atoms with E-state index in [4.69, 9.17) is 9.29 Å². The summed E-state index contributed by atoms with van der Waals surface area (Å²) in [5.41, 5.74) is 0.404. The Balaban J connectivity index is 3.25. The minimum absolute atomic E-state index is 0.346. The molecule has 0 rings (SSSR count). The summed E-state index contributed by atoms with van der Waals surface area (Å²) in [5, 5.41) is 0. The summed E-state index contributed by atoms with van der Waals surface area (Å²) < 4.78 is 13.0. The first kappa shape index (κ1) is 10.5.